The molecule has 526 valence electrons. The van der Waals surface area contributed by atoms with Crippen molar-refractivity contribution in [1.82, 2.24) is 55.6 Å². The highest BCUT2D eigenvalue weighted by atomic mass is 32.2. The number of carbonyl (C=O) groups is 12. The predicted molar refractivity (Wildman–Crippen MR) is 357 cm³/mol. The third-order valence-electron chi connectivity index (χ3n) is 17.1. The molecule has 26 heteroatoms. The summed E-state index contributed by atoms with van der Waals surface area (Å²) < 4.78 is 4.87. The number of nitrogens with zero attached hydrogens (tertiary/aromatic N) is 7. The number of carbonyl (C=O) groups excluding carboxylic acids is 12. The number of ether oxygens (including phenoxy) is 1. The van der Waals surface area contributed by atoms with Gasteiger partial charge in [0, 0.05) is 55.1 Å². The second-order valence-corrected chi connectivity index (χ2v) is 28.4. The normalized spacial score (nSPS) is 26.5. The van der Waals surface area contributed by atoms with Crippen LogP contribution in [0.3, 0.4) is 0 Å². The van der Waals surface area contributed by atoms with Crippen LogP contribution in [0.1, 0.15) is 156 Å². The Hall–Kier alpha value is -6.31. The number of nitrogens with one attached hydrogen (secondary N) is 4. The molecule has 5 N–H and O–H groups in total. The molecule has 0 saturated carbocycles. The summed E-state index contributed by atoms with van der Waals surface area (Å²) in [7, 11) is 11.0. The van der Waals surface area contributed by atoms with Gasteiger partial charge in [0.2, 0.25) is 65.0 Å². The van der Waals surface area contributed by atoms with Gasteiger partial charge in [-0.3, -0.25) is 57.5 Å². The van der Waals surface area contributed by atoms with Crippen molar-refractivity contribution in [3.8, 4) is 0 Å². The maximum atomic E-state index is 15.3. The molecular formula is C66H117N11O14S. The molecule has 0 spiro atoms. The Morgan fingerprint density at radius 3 is 1.34 bits per heavy atom. The average molecular weight is 1320 g/mol. The van der Waals surface area contributed by atoms with Crippen LogP contribution in [0.15, 0.2) is 12.2 Å². The number of aliphatic hydroxyl groups excluding tert-OH is 1. The van der Waals surface area contributed by atoms with E-state index in [4.69, 9.17) is 4.74 Å². The van der Waals surface area contributed by atoms with Crippen molar-refractivity contribution in [2.24, 2.45) is 41.4 Å². The largest absolute Gasteiger partial charge is 0.468 e. The van der Waals surface area contributed by atoms with Crippen LogP contribution in [0.25, 0.3) is 0 Å². The van der Waals surface area contributed by atoms with Gasteiger partial charge in [-0.05, 0) is 101 Å². The molecule has 0 aliphatic carbocycles. The number of aliphatic hydroxyl groups is 1. The van der Waals surface area contributed by atoms with Crippen LogP contribution in [-0.4, -0.2) is 251 Å². The van der Waals surface area contributed by atoms with E-state index in [-0.39, 0.29) is 73.7 Å². The summed E-state index contributed by atoms with van der Waals surface area (Å²) in [6, 6.07) is -14.3. The number of rotatable bonds is 19. The quantitative estimate of drug-likeness (QED) is 0.0913. The van der Waals surface area contributed by atoms with Crippen LogP contribution >= 0.6 is 11.8 Å². The molecule has 0 bridgehead atoms. The maximum Gasteiger partial charge on any atom is 0.315 e. The molecule has 0 aromatic carbocycles. The Balaban J connectivity index is 4.54. The van der Waals surface area contributed by atoms with E-state index in [9.17, 15) is 33.9 Å². The molecule has 1 heterocycles. The number of allylic oxidation sites excluding steroid dienone is 2. The fourth-order valence-electron chi connectivity index (χ4n) is 11.3. The standard InChI is InChI=1S/C66H117N11O14S/c1-26-28-29-42(15)55(79)54-59(83)69-45(27-2)61(85)75(22)50(34-92-35-51(78)91-25)64(88)71(18)47(31-37(5)6)58(82)70-52(40(11)12)65(89)72(19)46(30-36(3)4)57(81)67-43(16)56(80)68-44(17)60(84)73(20)48(32-38(7)8)62(86)74(21)49(33-39(9)10)63(87)76(23)53(41(13)14)66(90)77(54)24/h26,28,36-50,52-55,79H,27,29-35H2,1-25H3,(H,67,81)(H,68,80)(H,69,83)(H,70,82)/b28-26+/t42-,43-,44+,45-,46-,47+,48-,49-,50-,52-,53-,54-,55-/m1/s1. The van der Waals surface area contributed by atoms with Gasteiger partial charge in [-0.25, -0.2) is 0 Å². The summed E-state index contributed by atoms with van der Waals surface area (Å²) in [5.41, 5.74) is 0. The number of thioether (sulfide) groups is 1. The first-order chi connectivity index (χ1) is 42.6. The summed E-state index contributed by atoms with van der Waals surface area (Å²) in [6.07, 6.45) is 2.68. The van der Waals surface area contributed by atoms with Gasteiger partial charge < -0.3 is 65.4 Å². The first-order valence-electron chi connectivity index (χ1n) is 32.6. The van der Waals surface area contributed by atoms with E-state index in [0.29, 0.717) is 0 Å². The van der Waals surface area contributed by atoms with Crippen LogP contribution in [0.2, 0.25) is 0 Å². The van der Waals surface area contributed by atoms with Crippen LogP contribution in [-0.2, 0) is 62.3 Å². The number of likely N-dealkylation sites (N-methyl/N-ethyl adjacent to an activating group) is 7. The number of amides is 11. The number of esters is 1. The maximum absolute atomic E-state index is 15.3. The fraction of sp³-hybridized carbons (Fsp3) is 0.788. The van der Waals surface area contributed by atoms with Crippen molar-refractivity contribution in [1.29, 1.82) is 0 Å². The SMILES string of the molecule is C/C=C/C[C@@H](C)[C@@H](O)[C@@H]1C(=O)N[C@H](CC)C(=O)N(C)[C@H](CSCC(=O)OC)C(=O)N(C)[C@@H](CC(C)C)C(=O)N[C@H](C(C)C)C(=O)N(C)[C@H](CC(C)C)C(=O)N[C@H](C)C(=O)N[C@@H](C)C(=O)N(C)[C@H](CC(C)C)C(=O)N(C)[C@H](CC(C)C)C(=O)N(C)[C@H](C(C)C)C(=O)N1C. The van der Waals surface area contributed by atoms with Crippen LogP contribution in [0, 0.1) is 41.4 Å². The van der Waals surface area contributed by atoms with E-state index in [0.717, 1.165) is 21.6 Å². The highest BCUT2D eigenvalue weighted by molar-refractivity contribution is 8.00. The van der Waals surface area contributed by atoms with Crippen molar-refractivity contribution in [2.75, 3.05) is 67.9 Å². The van der Waals surface area contributed by atoms with Gasteiger partial charge in [-0.2, -0.15) is 0 Å². The number of hydrogen-bond acceptors (Lipinski definition) is 15. The van der Waals surface area contributed by atoms with Gasteiger partial charge in [0.15, 0.2) is 0 Å². The molecule has 1 fully saturated rings. The minimum atomic E-state index is -1.68. The first kappa shape index (κ1) is 83.7. The van der Waals surface area contributed by atoms with E-state index in [2.05, 4.69) is 21.3 Å². The van der Waals surface area contributed by atoms with Crippen molar-refractivity contribution in [3.05, 3.63) is 12.2 Å². The van der Waals surface area contributed by atoms with Crippen molar-refractivity contribution >= 4 is 82.7 Å². The second-order valence-electron chi connectivity index (χ2n) is 27.4. The average Bonchev–Trinajstić information content (AvgIpc) is 0.814. The molecule has 0 aromatic heterocycles. The smallest absolute Gasteiger partial charge is 0.315 e. The molecule has 0 aromatic rings. The lowest BCUT2D eigenvalue weighted by Crippen LogP contribution is -2.64. The van der Waals surface area contributed by atoms with Crippen LogP contribution < -0.4 is 21.3 Å². The third-order valence-corrected chi connectivity index (χ3v) is 18.1. The van der Waals surface area contributed by atoms with Gasteiger partial charge in [0.05, 0.1) is 19.0 Å². The summed E-state index contributed by atoms with van der Waals surface area (Å²) in [5, 5.41) is 23.3. The summed E-state index contributed by atoms with van der Waals surface area (Å²) in [5.74, 6) is -11.5. The van der Waals surface area contributed by atoms with Gasteiger partial charge in [-0.15, -0.1) is 11.8 Å². The zero-order valence-electron chi connectivity index (χ0n) is 60.1. The molecule has 1 aliphatic heterocycles. The topological polar surface area (TPSA) is 305 Å². The van der Waals surface area contributed by atoms with Gasteiger partial charge in [0.25, 0.3) is 0 Å². The zero-order chi connectivity index (χ0) is 71.3. The van der Waals surface area contributed by atoms with Gasteiger partial charge in [0.1, 0.15) is 66.5 Å². The van der Waals surface area contributed by atoms with Crippen molar-refractivity contribution in [3.63, 3.8) is 0 Å². The minimum Gasteiger partial charge on any atom is -0.468 e. The highest BCUT2D eigenvalue weighted by Crippen LogP contribution is 2.26. The van der Waals surface area contributed by atoms with E-state index in [1.165, 1.54) is 94.8 Å². The molecule has 1 aliphatic rings. The zero-order valence-corrected chi connectivity index (χ0v) is 60.9. The summed E-state index contributed by atoms with van der Waals surface area (Å²) in [6.45, 7) is 29.6. The van der Waals surface area contributed by atoms with E-state index < -0.39 is 161 Å². The molecule has 13 atom stereocenters. The Morgan fingerprint density at radius 2 is 0.891 bits per heavy atom. The fourth-order valence-corrected chi connectivity index (χ4v) is 12.3. The van der Waals surface area contributed by atoms with Crippen molar-refractivity contribution < 1.29 is 67.4 Å². The van der Waals surface area contributed by atoms with E-state index >= 15 is 28.8 Å². The van der Waals surface area contributed by atoms with Crippen molar-refractivity contribution in [2.45, 2.75) is 229 Å². The highest BCUT2D eigenvalue weighted by Gasteiger charge is 2.46. The molecule has 25 nitrogen and oxygen atoms in total. The molecule has 0 radical (unpaired) electrons. The summed E-state index contributed by atoms with van der Waals surface area (Å²) in [4.78, 5) is 184. The van der Waals surface area contributed by atoms with Crippen LogP contribution in [0.5, 0.6) is 0 Å². The predicted octanol–water partition coefficient (Wildman–Crippen LogP) is 3.54. The lowest BCUT2D eigenvalue weighted by Gasteiger charge is -2.41. The van der Waals surface area contributed by atoms with Gasteiger partial charge in [-0.1, -0.05) is 109 Å². The van der Waals surface area contributed by atoms with E-state index in [1.807, 2.05) is 55.4 Å². The molecule has 0 unspecified atom stereocenters. The second kappa shape index (κ2) is 38.8. The lowest BCUT2D eigenvalue weighted by molar-refractivity contribution is -0.157. The molecule has 1 rings (SSSR count). The minimum absolute atomic E-state index is 0.0585. The number of hydrogen-bond donors (Lipinski definition) is 5. The number of methoxy groups -OCH3 is 1. The summed E-state index contributed by atoms with van der Waals surface area (Å²) >= 11 is 0.984. The van der Waals surface area contributed by atoms with Crippen LogP contribution in [0.4, 0.5) is 0 Å². The monoisotopic (exact) mass is 1320 g/mol. The Bertz CT molecular complexity index is 2550. The molecule has 92 heavy (non-hydrogen) atoms. The lowest BCUT2D eigenvalue weighted by atomic mass is 9.91. The molecule has 1 saturated heterocycles. The van der Waals surface area contributed by atoms with Gasteiger partial charge >= 0.3 is 5.97 Å². The first-order valence-corrected chi connectivity index (χ1v) is 33.7. The van der Waals surface area contributed by atoms with E-state index in [1.54, 1.807) is 60.6 Å². The Kier molecular flexibility index (Phi) is 35.3. The molecular weight excluding hydrogens is 1200 g/mol. The Morgan fingerprint density at radius 1 is 0.489 bits per heavy atom. The molecule has 11 amide bonds. The third kappa shape index (κ3) is 23.6. The Labute approximate surface area is 553 Å².